The van der Waals surface area contributed by atoms with Gasteiger partial charge in [0.1, 0.15) is 11.9 Å². The maximum Gasteiger partial charge on any atom is 0.310 e. The summed E-state index contributed by atoms with van der Waals surface area (Å²) in [6.45, 7) is 9.32. The van der Waals surface area contributed by atoms with Crippen LogP contribution in [0.4, 0.5) is 4.39 Å². The van der Waals surface area contributed by atoms with Gasteiger partial charge in [-0.25, -0.2) is 4.39 Å². The minimum absolute atomic E-state index is 0.00571. The van der Waals surface area contributed by atoms with Crippen LogP contribution in [0.2, 0.25) is 0 Å². The van der Waals surface area contributed by atoms with E-state index in [1.807, 2.05) is 12.1 Å². The van der Waals surface area contributed by atoms with E-state index >= 15 is 0 Å². The molecule has 30 heavy (non-hydrogen) atoms. The molecule has 1 saturated heterocycles. The first kappa shape index (κ1) is 20.0. The highest BCUT2D eigenvalue weighted by molar-refractivity contribution is 5.76. The van der Waals surface area contributed by atoms with Crippen LogP contribution in [0.25, 0.3) is 5.57 Å². The summed E-state index contributed by atoms with van der Waals surface area (Å²) >= 11 is 0. The summed E-state index contributed by atoms with van der Waals surface area (Å²) in [5, 5.41) is 0. The molecule has 0 bridgehead atoms. The topological polar surface area (TPSA) is 29.5 Å². The van der Waals surface area contributed by atoms with Gasteiger partial charge in [-0.3, -0.25) is 9.69 Å². The van der Waals surface area contributed by atoms with Crippen LogP contribution in [-0.2, 0) is 9.53 Å². The third-order valence-corrected chi connectivity index (χ3v) is 8.28. The van der Waals surface area contributed by atoms with Gasteiger partial charge in [0.15, 0.2) is 0 Å². The molecule has 2 aliphatic heterocycles. The molecule has 0 N–H and O–H groups in total. The van der Waals surface area contributed by atoms with E-state index in [2.05, 4.69) is 24.5 Å². The first-order chi connectivity index (χ1) is 14.4. The highest BCUT2D eigenvalue weighted by atomic mass is 19.1. The number of carbonyl (C=O) groups is 1. The second-order valence-corrected chi connectivity index (χ2v) is 10.1. The van der Waals surface area contributed by atoms with E-state index in [1.165, 1.54) is 36.1 Å². The van der Waals surface area contributed by atoms with Crippen molar-refractivity contribution in [1.82, 2.24) is 4.90 Å². The number of rotatable bonds is 3. The van der Waals surface area contributed by atoms with Crippen molar-refractivity contribution in [3.05, 3.63) is 53.9 Å². The molecular formula is C26H32FNO2. The van der Waals surface area contributed by atoms with Gasteiger partial charge in [0.25, 0.3) is 0 Å². The molecule has 3 nitrogen and oxygen atoms in total. The van der Waals surface area contributed by atoms with Crippen molar-refractivity contribution in [1.29, 1.82) is 0 Å². The van der Waals surface area contributed by atoms with Gasteiger partial charge in [-0.2, -0.15) is 0 Å². The Bertz CT molecular complexity index is 876. The molecule has 0 aromatic heterocycles. The molecule has 1 aromatic carbocycles. The lowest BCUT2D eigenvalue weighted by atomic mass is 9.55. The SMILES string of the molecule is C=C1CCC[C@]2(C)C[C@H]3OC(=O)[C@@H](CN4CC=C(c5ccc(F)cc5)CC4)[C@@H]3C[C@@H]12. The Hall–Kier alpha value is -1.94. The van der Waals surface area contributed by atoms with Crippen molar-refractivity contribution in [3.8, 4) is 0 Å². The number of esters is 1. The smallest absolute Gasteiger partial charge is 0.310 e. The first-order valence-electron chi connectivity index (χ1n) is 11.5. The van der Waals surface area contributed by atoms with Crippen LogP contribution in [-0.4, -0.2) is 36.6 Å². The van der Waals surface area contributed by atoms with Crippen LogP contribution < -0.4 is 0 Å². The zero-order valence-corrected chi connectivity index (χ0v) is 17.9. The third kappa shape index (κ3) is 3.53. The summed E-state index contributed by atoms with van der Waals surface area (Å²) in [5.74, 6) is 0.653. The van der Waals surface area contributed by atoms with Crippen molar-refractivity contribution < 1.29 is 13.9 Å². The second-order valence-electron chi connectivity index (χ2n) is 10.1. The Kier molecular flexibility index (Phi) is 5.09. The van der Waals surface area contributed by atoms with E-state index in [0.717, 1.165) is 50.9 Å². The second kappa shape index (κ2) is 7.64. The Balaban J connectivity index is 1.26. The highest BCUT2D eigenvalue weighted by Gasteiger charge is 2.55. The summed E-state index contributed by atoms with van der Waals surface area (Å²) in [7, 11) is 0. The number of nitrogens with zero attached hydrogens (tertiary/aromatic N) is 1. The number of allylic oxidation sites excluding steroid dienone is 1. The summed E-state index contributed by atoms with van der Waals surface area (Å²) in [6.07, 6.45) is 8.89. The fraction of sp³-hybridized carbons (Fsp3) is 0.577. The molecular weight excluding hydrogens is 377 g/mol. The van der Waals surface area contributed by atoms with Crippen LogP contribution in [0.1, 0.15) is 51.0 Å². The zero-order valence-electron chi connectivity index (χ0n) is 17.9. The largest absolute Gasteiger partial charge is 0.462 e. The molecule has 5 atom stereocenters. The number of carbonyl (C=O) groups excluding carboxylic acids is 1. The van der Waals surface area contributed by atoms with Crippen molar-refractivity contribution in [2.24, 2.45) is 23.2 Å². The van der Waals surface area contributed by atoms with Crippen LogP contribution in [0.5, 0.6) is 0 Å². The minimum atomic E-state index is -0.199. The first-order valence-corrected chi connectivity index (χ1v) is 11.5. The molecule has 2 saturated carbocycles. The van der Waals surface area contributed by atoms with E-state index in [1.54, 1.807) is 0 Å². The Labute approximate surface area is 179 Å². The monoisotopic (exact) mass is 409 g/mol. The number of benzene rings is 1. The molecule has 0 radical (unpaired) electrons. The number of ether oxygens (including phenoxy) is 1. The Morgan fingerprint density at radius 1 is 1.27 bits per heavy atom. The van der Waals surface area contributed by atoms with Crippen molar-refractivity contribution in [3.63, 3.8) is 0 Å². The minimum Gasteiger partial charge on any atom is -0.462 e. The Morgan fingerprint density at radius 2 is 2.07 bits per heavy atom. The van der Waals surface area contributed by atoms with Crippen LogP contribution in [0.3, 0.4) is 0 Å². The van der Waals surface area contributed by atoms with E-state index in [-0.39, 0.29) is 29.2 Å². The maximum absolute atomic E-state index is 13.2. The average molecular weight is 410 g/mol. The third-order valence-electron chi connectivity index (χ3n) is 8.28. The molecule has 5 rings (SSSR count). The zero-order chi connectivity index (χ0) is 20.9. The molecule has 2 aliphatic carbocycles. The van der Waals surface area contributed by atoms with Gasteiger partial charge >= 0.3 is 5.97 Å². The van der Waals surface area contributed by atoms with Crippen molar-refractivity contribution >= 4 is 11.5 Å². The molecule has 160 valence electrons. The summed E-state index contributed by atoms with van der Waals surface area (Å²) in [4.78, 5) is 15.2. The molecule has 0 amide bonds. The molecule has 4 heteroatoms. The van der Waals surface area contributed by atoms with Gasteiger partial charge in [0, 0.05) is 25.6 Å². The van der Waals surface area contributed by atoms with Crippen LogP contribution >= 0.6 is 0 Å². The quantitative estimate of drug-likeness (QED) is 0.506. The predicted octanol–water partition coefficient (Wildman–Crippen LogP) is 5.23. The van der Waals surface area contributed by atoms with E-state index < -0.39 is 0 Å². The van der Waals surface area contributed by atoms with Gasteiger partial charge < -0.3 is 4.74 Å². The maximum atomic E-state index is 13.2. The Morgan fingerprint density at radius 3 is 2.80 bits per heavy atom. The lowest BCUT2D eigenvalue weighted by Gasteiger charge is -2.50. The van der Waals surface area contributed by atoms with Crippen molar-refractivity contribution in [2.45, 2.75) is 51.6 Å². The summed E-state index contributed by atoms with van der Waals surface area (Å²) in [6, 6.07) is 6.75. The summed E-state index contributed by atoms with van der Waals surface area (Å²) < 4.78 is 19.1. The fourth-order valence-corrected chi connectivity index (χ4v) is 6.55. The van der Waals surface area contributed by atoms with Gasteiger partial charge in [-0.05, 0) is 73.1 Å². The van der Waals surface area contributed by atoms with Crippen LogP contribution in [0, 0.1) is 29.0 Å². The highest BCUT2D eigenvalue weighted by Crippen LogP contribution is 2.57. The molecule has 2 heterocycles. The average Bonchev–Trinajstić information content (AvgIpc) is 3.01. The normalized spacial score (nSPS) is 36.7. The van der Waals surface area contributed by atoms with Gasteiger partial charge in [-0.15, -0.1) is 0 Å². The molecule has 4 aliphatic rings. The number of halogens is 1. The van der Waals surface area contributed by atoms with Crippen LogP contribution in [0.15, 0.2) is 42.5 Å². The van der Waals surface area contributed by atoms with E-state index in [0.29, 0.717) is 11.8 Å². The molecule has 0 spiro atoms. The number of hydrogen-bond donors (Lipinski definition) is 0. The van der Waals surface area contributed by atoms with Crippen molar-refractivity contribution in [2.75, 3.05) is 19.6 Å². The number of hydrogen-bond acceptors (Lipinski definition) is 3. The standard InChI is InChI=1S/C26H32FNO2/c1-17-4-3-11-26(2)15-24-21(14-23(17)26)22(25(29)30-24)16-28-12-9-19(10-13-28)18-5-7-20(27)8-6-18/h5-9,21-24H,1,3-4,10-16H2,2H3/t21-,22-,23-,24+,26+/m0/s1. The number of fused-ring (bicyclic) bond motifs is 2. The van der Waals surface area contributed by atoms with E-state index in [9.17, 15) is 9.18 Å². The molecule has 1 aromatic rings. The van der Waals surface area contributed by atoms with Gasteiger partial charge in [0.2, 0.25) is 0 Å². The van der Waals surface area contributed by atoms with Gasteiger partial charge in [-0.1, -0.05) is 37.3 Å². The van der Waals surface area contributed by atoms with E-state index in [4.69, 9.17) is 4.74 Å². The lowest BCUT2D eigenvalue weighted by Crippen LogP contribution is -2.46. The molecule has 0 unspecified atom stereocenters. The predicted molar refractivity (Wildman–Crippen MR) is 116 cm³/mol. The van der Waals surface area contributed by atoms with Gasteiger partial charge in [0.05, 0.1) is 5.92 Å². The summed E-state index contributed by atoms with van der Waals surface area (Å²) in [5.41, 5.74) is 4.01. The lowest BCUT2D eigenvalue weighted by molar-refractivity contribution is -0.146. The molecule has 3 fully saturated rings. The fourth-order valence-electron chi connectivity index (χ4n) is 6.55.